The van der Waals surface area contributed by atoms with Gasteiger partial charge in [0.25, 0.3) is 0 Å². The lowest BCUT2D eigenvalue weighted by Crippen LogP contribution is -2.17. The number of nitrogens with zero attached hydrogens (tertiary/aromatic N) is 1. The minimum atomic E-state index is -4.79. The van der Waals surface area contributed by atoms with Crippen LogP contribution in [0.3, 0.4) is 0 Å². The minimum Gasteiger partial charge on any atom is -0.406 e. The number of halogens is 3. The summed E-state index contributed by atoms with van der Waals surface area (Å²) in [6.45, 7) is 2.17. The number of hydrogen-bond donors (Lipinski definition) is 2. The summed E-state index contributed by atoms with van der Waals surface area (Å²) in [6, 6.07) is 15.5. The van der Waals surface area contributed by atoms with Crippen molar-refractivity contribution in [1.82, 2.24) is 4.98 Å². The van der Waals surface area contributed by atoms with Gasteiger partial charge in [-0.25, -0.2) is 0 Å². The standard InChI is InChI=1S/C23H21F3N2O4/c1-15-2-4-16(5-3-15)14-31-28-20(18-8-11-22(30)27-13-18)12-21(29)17-6-9-19(10-7-17)32-23(24,25)26/h2-11,13,21,29H,12,14H2,1H3,(H,27,30). The molecule has 0 spiro atoms. The number of ether oxygens (including phenoxy) is 1. The maximum atomic E-state index is 12.3. The van der Waals surface area contributed by atoms with Crippen LogP contribution < -0.4 is 10.3 Å². The Morgan fingerprint density at radius 2 is 1.75 bits per heavy atom. The van der Waals surface area contributed by atoms with E-state index in [-0.39, 0.29) is 24.3 Å². The molecule has 3 rings (SSSR count). The molecular weight excluding hydrogens is 425 g/mol. The zero-order chi connectivity index (χ0) is 23.1. The Bertz CT molecular complexity index is 1090. The Morgan fingerprint density at radius 3 is 2.34 bits per heavy atom. The van der Waals surface area contributed by atoms with Crippen molar-refractivity contribution < 1.29 is 27.9 Å². The fourth-order valence-electron chi connectivity index (χ4n) is 2.86. The van der Waals surface area contributed by atoms with Crippen LogP contribution in [-0.2, 0) is 11.4 Å². The quantitative estimate of drug-likeness (QED) is 0.391. The summed E-state index contributed by atoms with van der Waals surface area (Å²) in [5.74, 6) is -0.385. The van der Waals surface area contributed by atoms with Crippen LogP contribution in [0.5, 0.6) is 5.75 Å². The number of H-pyrrole nitrogens is 1. The van der Waals surface area contributed by atoms with E-state index in [9.17, 15) is 23.1 Å². The van der Waals surface area contributed by atoms with Crippen molar-refractivity contribution in [2.75, 3.05) is 0 Å². The van der Waals surface area contributed by atoms with Crippen LogP contribution in [0.25, 0.3) is 0 Å². The Labute approximate surface area is 181 Å². The van der Waals surface area contributed by atoms with E-state index in [4.69, 9.17) is 4.84 Å². The molecular formula is C23H21F3N2O4. The number of benzene rings is 2. The van der Waals surface area contributed by atoms with E-state index in [1.54, 1.807) is 6.07 Å². The van der Waals surface area contributed by atoms with Gasteiger partial charge < -0.3 is 19.7 Å². The van der Waals surface area contributed by atoms with Gasteiger partial charge in [-0.15, -0.1) is 13.2 Å². The second kappa shape index (κ2) is 10.1. The maximum absolute atomic E-state index is 12.3. The Balaban J connectivity index is 1.74. The lowest BCUT2D eigenvalue weighted by atomic mass is 10.0. The summed E-state index contributed by atoms with van der Waals surface area (Å²) in [6.07, 6.45) is -4.43. The number of aromatic nitrogens is 1. The molecule has 1 heterocycles. The fraction of sp³-hybridized carbons (Fsp3) is 0.217. The molecule has 3 aromatic rings. The van der Waals surface area contributed by atoms with E-state index < -0.39 is 12.5 Å². The summed E-state index contributed by atoms with van der Waals surface area (Å²) in [4.78, 5) is 19.4. The number of aromatic amines is 1. The molecule has 0 amide bonds. The second-order valence-electron chi connectivity index (χ2n) is 7.08. The molecule has 1 unspecified atom stereocenters. The van der Waals surface area contributed by atoms with Gasteiger partial charge in [0.2, 0.25) is 5.56 Å². The van der Waals surface area contributed by atoms with Crippen molar-refractivity contribution in [2.45, 2.75) is 32.4 Å². The Hall–Kier alpha value is -3.59. The zero-order valence-corrected chi connectivity index (χ0v) is 17.1. The van der Waals surface area contributed by atoms with Crippen molar-refractivity contribution in [3.8, 4) is 5.75 Å². The number of pyridine rings is 1. The highest BCUT2D eigenvalue weighted by Gasteiger charge is 2.31. The predicted octanol–water partition coefficient (Wildman–Crippen LogP) is 4.63. The maximum Gasteiger partial charge on any atom is 0.573 e. The van der Waals surface area contributed by atoms with Gasteiger partial charge in [0.05, 0.1) is 11.8 Å². The number of aliphatic hydroxyl groups excluding tert-OH is 1. The zero-order valence-electron chi connectivity index (χ0n) is 17.1. The molecule has 9 heteroatoms. The second-order valence-corrected chi connectivity index (χ2v) is 7.08. The van der Waals surface area contributed by atoms with Crippen LogP contribution in [-0.4, -0.2) is 22.2 Å². The molecule has 0 aliphatic carbocycles. The van der Waals surface area contributed by atoms with Gasteiger partial charge in [0.1, 0.15) is 12.4 Å². The van der Waals surface area contributed by atoms with Crippen molar-refractivity contribution in [1.29, 1.82) is 0 Å². The van der Waals surface area contributed by atoms with Crippen molar-refractivity contribution in [3.05, 3.63) is 99.5 Å². The molecule has 0 bridgehead atoms. The van der Waals surface area contributed by atoms with Gasteiger partial charge in [0.15, 0.2) is 0 Å². The van der Waals surface area contributed by atoms with Crippen LogP contribution in [0.2, 0.25) is 0 Å². The van der Waals surface area contributed by atoms with E-state index in [1.807, 2.05) is 31.2 Å². The van der Waals surface area contributed by atoms with E-state index in [0.29, 0.717) is 16.8 Å². The summed E-state index contributed by atoms with van der Waals surface area (Å²) in [5.41, 5.74) is 2.98. The average Bonchev–Trinajstić information content (AvgIpc) is 2.74. The Kier molecular flexibility index (Phi) is 7.32. The van der Waals surface area contributed by atoms with Gasteiger partial charge in [-0.3, -0.25) is 4.79 Å². The predicted molar refractivity (Wildman–Crippen MR) is 112 cm³/mol. The van der Waals surface area contributed by atoms with Crippen molar-refractivity contribution >= 4 is 5.71 Å². The number of alkyl halides is 3. The van der Waals surface area contributed by atoms with Crippen LogP contribution >= 0.6 is 0 Å². The van der Waals surface area contributed by atoms with Gasteiger partial charge in [0, 0.05) is 24.2 Å². The molecule has 0 radical (unpaired) electrons. The lowest BCUT2D eigenvalue weighted by molar-refractivity contribution is -0.274. The van der Waals surface area contributed by atoms with Gasteiger partial charge in [-0.05, 0) is 36.2 Å². The first-order valence-corrected chi connectivity index (χ1v) is 9.67. The van der Waals surface area contributed by atoms with Gasteiger partial charge in [-0.1, -0.05) is 47.1 Å². The SMILES string of the molecule is Cc1ccc(CON=C(CC(O)c2ccc(OC(F)(F)F)cc2)c2ccc(=O)[nH]c2)cc1. The molecule has 32 heavy (non-hydrogen) atoms. The molecule has 0 aliphatic rings. The number of nitrogens with one attached hydrogen (secondary N) is 1. The van der Waals surface area contributed by atoms with E-state index in [0.717, 1.165) is 23.3 Å². The lowest BCUT2D eigenvalue weighted by Gasteiger charge is -2.14. The molecule has 0 fully saturated rings. The highest BCUT2D eigenvalue weighted by atomic mass is 19.4. The van der Waals surface area contributed by atoms with E-state index in [1.165, 1.54) is 24.4 Å². The number of oxime groups is 1. The average molecular weight is 446 g/mol. The number of hydrogen-bond acceptors (Lipinski definition) is 5. The molecule has 0 aliphatic heterocycles. The topological polar surface area (TPSA) is 83.9 Å². The van der Waals surface area contributed by atoms with Crippen LogP contribution in [0, 0.1) is 6.92 Å². The number of rotatable bonds is 8. The van der Waals surface area contributed by atoms with Gasteiger partial charge in [-0.2, -0.15) is 0 Å². The highest BCUT2D eigenvalue weighted by molar-refractivity contribution is 6.00. The normalized spacial score (nSPS) is 13.0. The first kappa shape index (κ1) is 23.1. The van der Waals surface area contributed by atoms with E-state index >= 15 is 0 Å². The third-order valence-electron chi connectivity index (χ3n) is 4.53. The largest absolute Gasteiger partial charge is 0.573 e. The number of aliphatic hydroxyl groups is 1. The molecule has 0 saturated heterocycles. The summed E-state index contributed by atoms with van der Waals surface area (Å²) in [5, 5.41) is 14.7. The molecule has 0 saturated carbocycles. The first-order chi connectivity index (χ1) is 15.2. The third kappa shape index (κ3) is 6.98. The molecule has 6 nitrogen and oxygen atoms in total. The van der Waals surface area contributed by atoms with Crippen molar-refractivity contribution in [3.63, 3.8) is 0 Å². The summed E-state index contributed by atoms with van der Waals surface area (Å²) < 4.78 is 40.8. The molecule has 1 atom stereocenters. The summed E-state index contributed by atoms with van der Waals surface area (Å²) >= 11 is 0. The fourth-order valence-corrected chi connectivity index (χ4v) is 2.86. The molecule has 1 aromatic heterocycles. The number of aryl methyl sites for hydroxylation is 1. The first-order valence-electron chi connectivity index (χ1n) is 9.67. The molecule has 2 aromatic carbocycles. The van der Waals surface area contributed by atoms with Gasteiger partial charge >= 0.3 is 6.36 Å². The van der Waals surface area contributed by atoms with Crippen molar-refractivity contribution in [2.24, 2.45) is 5.16 Å². The van der Waals surface area contributed by atoms with Crippen LogP contribution in [0.15, 0.2) is 76.8 Å². The molecule has 2 N–H and O–H groups in total. The smallest absolute Gasteiger partial charge is 0.406 e. The molecule has 168 valence electrons. The third-order valence-corrected chi connectivity index (χ3v) is 4.53. The monoisotopic (exact) mass is 446 g/mol. The van der Waals surface area contributed by atoms with Crippen LogP contribution in [0.4, 0.5) is 13.2 Å². The highest BCUT2D eigenvalue weighted by Crippen LogP contribution is 2.26. The van der Waals surface area contributed by atoms with E-state index in [2.05, 4.69) is 14.9 Å². The summed E-state index contributed by atoms with van der Waals surface area (Å²) in [7, 11) is 0. The minimum absolute atomic E-state index is 0.000579. The Morgan fingerprint density at radius 1 is 1.06 bits per heavy atom. The van der Waals surface area contributed by atoms with Crippen LogP contribution in [0.1, 0.15) is 34.8 Å².